The van der Waals surface area contributed by atoms with Crippen LogP contribution in [0.25, 0.3) is 6.08 Å². The Balaban J connectivity index is 1.51. The van der Waals surface area contributed by atoms with E-state index in [2.05, 4.69) is 0 Å². The predicted octanol–water partition coefficient (Wildman–Crippen LogP) is 7.48. The second kappa shape index (κ2) is 11.9. The molecular formula is C30H26F2N2O3. The summed E-state index contributed by atoms with van der Waals surface area (Å²) in [4.78, 5) is 12.9. The highest BCUT2D eigenvalue weighted by Gasteiger charge is 2.19. The lowest BCUT2D eigenvalue weighted by Crippen LogP contribution is -2.24. The van der Waals surface area contributed by atoms with Gasteiger partial charge in [-0.3, -0.25) is 10.1 Å². The van der Waals surface area contributed by atoms with Gasteiger partial charge in [-0.25, -0.2) is 8.78 Å². The van der Waals surface area contributed by atoms with Crippen molar-refractivity contribution in [2.45, 2.75) is 20.0 Å². The normalized spacial score (nSPS) is 11.0. The second-order valence-corrected chi connectivity index (χ2v) is 8.54. The van der Waals surface area contributed by atoms with Crippen LogP contribution >= 0.6 is 0 Å². The summed E-state index contributed by atoms with van der Waals surface area (Å²) in [6.07, 6.45) is 3.93. The Morgan fingerprint density at radius 3 is 2.38 bits per heavy atom. The van der Waals surface area contributed by atoms with Gasteiger partial charge in [0, 0.05) is 36.5 Å². The largest absolute Gasteiger partial charge is 0.490 e. The molecule has 0 N–H and O–H groups in total. The molecule has 5 nitrogen and oxygen atoms in total. The monoisotopic (exact) mass is 500 g/mol. The molecule has 0 bridgehead atoms. The van der Waals surface area contributed by atoms with Gasteiger partial charge < -0.3 is 9.64 Å². The van der Waals surface area contributed by atoms with Gasteiger partial charge in [0.25, 0.3) is 5.69 Å². The van der Waals surface area contributed by atoms with Crippen molar-refractivity contribution in [1.82, 2.24) is 0 Å². The van der Waals surface area contributed by atoms with Gasteiger partial charge in [0.2, 0.25) is 0 Å². The van der Waals surface area contributed by atoms with Gasteiger partial charge >= 0.3 is 0 Å². The smallest absolute Gasteiger partial charge is 0.274 e. The van der Waals surface area contributed by atoms with Crippen LogP contribution < -0.4 is 9.64 Å². The third-order valence-electron chi connectivity index (χ3n) is 5.94. The van der Waals surface area contributed by atoms with E-state index in [1.54, 1.807) is 19.1 Å². The van der Waals surface area contributed by atoms with Crippen LogP contribution in [0.2, 0.25) is 0 Å². The number of nitro benzene ring substituents is 1. The van der Waals surface area contributed by atoms with Crippen molar-refractivity contribution in [2.24, 2.45) is 0 Å². The van der Waals surface area contributed by atoms with Crippen LogP contribution in [-0.4, -0.2) is 11.5 Å². The van der Waals surface area contributed by atoms with Gasteiger partial charge in [-0.15, -0.1) is 0 Å². The van der Waals surface area contributed by atoms with E-state index >= 15 is 0 Å². The highest BCUT2D eigenvalue weighted by molar-refractivity contribution is 5.62. The Morgan fingerprint density at radius 2 is 1.68 bits per heavy atom. The molecule has 0 aliphatic heterocycles. The molecule has 0 aromatic heterocycles. The minimum atomic E-state index is -0.666. The minimum Gasteiger partial charge on any atom is -0.490 e. The maximum absolute atomic E-state index is 14.5. The summed E-state index contributed by atoms with van der Waals surface area (Å²) in [6.45, 7) is 2.54. The first kappa shape index (κ1) is 25.6. The fourth-order valence-corrected chi connectivity index (χ4v) is 4.04. The summed E-state index contributed by atoms with van der Waals surface area (Å²) in [5.74, 6) is -0.627. The molecule has 0 heterocycles. The fraction of sp³-hybridized carbons (Fsp3) is 0.133. The van der Waals surface area contributed by atoms with E-state index in [-0.39, 0.29) is 17.8 Å². The lowest BCUT2D eigenvalue weighted by atomic mass is 10.1. The molecule has 7 heteroatoms. The van der Waals surface area contributed by atoms with Crippen molar-refractivity contribution in [1.29, 1.82) is 0 Å². The lowest BCUT2D eigenvalue weighted by Gasteiger charge is -2.27. The fourth-order valence-electron chi connectivity index (χ4n) is 4.04. The number of hydrogen-bond acceptors (Lipinski definition) is 4. The maximum atomic E-state index is 14.5. The summed E-state index contributed by atoms with van der Waals surface area (Å²) in [5, 5.41) is 11.5. The van der Waals surface area contributed by atoms with E-state index in [0.29, 0.717) is 30.2 Å². The molecule has 0 aliphatic carbocycles. The quantitative estimate of drug-likeness (QED) is 0.167. The number of nitrogens with zero attached hydrogens (tertiary/aromatic N) is 2. The van der Waals surface area contributed by atoms with E-state index in [4.69, 9.17) is 4.74 Å². The average Bonchev–Trinajstić information content (AvgIpc) is 2.89. The molecule has 4 rings (SSSR count). The SMILES string of the molecule is Cc1c(N(Cc2ccc(OC/C=C/c3ccccc3)cc2)Cc2ccc(F)cc2F)cccc1[N+](=O)[O-]. The van der Waals surface area contributed by atoms with Gasteiger partial charge in [0.1, 0.15) is 24.0 Å². The van der Waals surface area contributed by atoms with Gasteiger partial charge in [0.15, 0.2) is 0 Å². The number of benzene rings is 4. The first-order valence-corrected chi connectivity index (χ1v) is 11.8. The van der Waals surface area contributed by atoms with Crippen molar-refractivity contribution in [3.8, 4) is 5.75 Å². The Bertz CT molecular complexity index is 1390. The topological polar surface area (TPSA) is 55.6 Å². The van der Waals surface area contributed by atoms with Crippen LogP contribution in [0.15, 0.2) is 97.1 Å². The molecule has 37 heavy (non-hydrogen) atoms. The molecule has 0 fully saturated rings. The molecule has 0 saturated carbocycles. The number of ether oxygens (including phenoxy) is 1. The molecule has 4 aromatic carbocycles. The highest BCUT2D eigenvalue weighted by atomic mass is 19.1. The summed E-state index contributed by atoms with van der Waals surface area (Å²) >= 11 is 0. The molecular weight excluding hydrogens is 474 g/mol. The zero-order valence-electron chi connectivity index (χ0n) is 20.3. The van der Waals surface area contributed by atoms with Crippen molar-refractivity contribution >= 4 is 17.5 Å². The van der Waals surface area contributed by atoms with E-state index < -0.39 is 16.6 Å². The van der Waals surface area contributed by atoms with Crippen LogP contribution in [0.4, 0.5) is 20.2 Å². The molecule has 0 radical (unpaired) electrons. The number of halogens is 2. The third-order valence-corrected chi connectivity index (χ3v) is 5.94. The van der Waals surface area contributed by atoms with E-state index in [0.717, 1.165) is 17.2 Å². The average molecular weight is 501 g/mol. The van der Waals surface area contributed by atoms with Crippen LogP contribution in [-0.2, 0) is 13.1 Å². The second-order valence-electron chi connectivity index (χ2n) is 8.54. The number of rotatable bonds is 10. The Kier molecular flexibility index (Phi) is 8.26. The van der Waals surface area contributed by atoms with E-state index in [1.165, 1.54) is 18.2 Å². The van der Waals surface area contributed by atoms with Gasteiger partial charge in [-0.05, 0) is 48.4 Å². The molecule has 0 aliphatic rings. The molecule has 188 valence electrons. The number of nitro groups is 1. The minimum absolute atomic E-state index is 0.0191. The van der Waals surface area contributed by atoms with Crippen molar-refractivity contribution in [2.75, 3.05) is 11.5 Å². The third kappa shape index (κ3) is 6.79. The number of anilines is 1. The van der Waals surface area contributed by atoms with Crippen LogP contribution in [0.5, 0.6) is 5.75 Å². The van der Waals surface area contributed by atoms with Crippen LogP contribution in [0, 0.1) is 28.7 Å². The zero-order valence-corrected chi connectivity index (χ0v) is 20.3. The lowest BCUT2D eigenvalue weighted by molar-refractivity contribution is -0.385. The van der Waals surface area contributed by atoms with Gasteiger partial charge in [-0.2, -0.15) is 0 Å². The summed E-state index contributed by atoms with van der Waals surface area (Å²) < 4.78 is 33.7. The summed E-state index contributed by atoms with van der Waals surface area (Å²) in [6, 6.07) is 25.7. The number of hydrogen-bond donors (Lipinski definition) is 0. The molecule has 0 unspecified atom stereocenters. The van der Waals surface area contributed by atoms with Crippen molar-refractivity contribution in [3.05, 3.63) is 141 Å². The van der Waals surface area contributed by atoms with Crippen LogP contribution in [0.1, 0.15) is 22.3 Å². The Labute approximate surface area is 214 Å². The standard InChI is InChI=1S/C30H26F2N2O3/c1-22-29(10-5-11-30(22)34(35)36)33(21-25-14-15-26(31)19-28(25)32)20-24-12-16-27(17-13-24)37-18-6-9-23-7-3-2-4-8-23/h2-17,19H,18,20-21H2,1H3/b9-6+. The molecule has 0 spiro atoms. The van der Waals surface area contributed by atoms with Crippen LogP contribution in [0.3, 0.4) is 0 Å². The summed E-state index contributed by atoms with van der Waals surface area (Å²) in [5.41, 5.74) is 3.34. The zero-order chi connectivity index (χ0) is 26.2. The van der Waals surface area contributed by atoms with E-state index in [1.807, 2.05) is 71.6 Å². The van der Waals surface area contributed by atoms with Gasteiger partial charge in [0.05, 0.1) is 10.5 Å². The molecule has 4 aromatic rings. The van der Waals surface area contributed by atoms with Gasteiger partial charge in [-0.1, -0.05) is 60.7 Å². The van der Waals surface area contributed by atoms with Crippen molar-refractivity contribution < 1.29 is 18.4 Å². The Hall–Kier alpha value is -4.52. The van der Waals surface area contributed by atoms with Crippen molar-refractivity contribution in [3.63, 3.8) is 0 Å². The summed E-state index contributed by atoms with van der Waals surface area (Å²) in [7, 11) is 0. The maximum Gasteiger partial charge on any atom is 0.274 e. The molecule has 0 atom stereocenters. The highest BCUT2D eigenvalue weighted by Crippen LogP contribution is 2.31. The Morgan fingerprint density at radius 1 is 0.919 bits per heavy atom. The first-order valence-electron chi connectivity index (χ1n) is 11.8. The first-order chi connectivity index (χ1) is 17.9. The predicted molar refractivity (Wildman–Crippen MR) is 141 cm³/mol. The molecule has 0 saturated heterocycles. The molecule has 0 amide bonds. The van der Waals surface area contributed by atoms with E-state index in [9.17, 15) is 18.9 Å².